The number of aliphatic carboxylic acids is 1. The fraction of sp³-hybridized carbons (Fsp3) is 0.208. The molecule has 0 radical (unpaired) electrons. The molecule has 0 heterocycles. The lowest BCUT2D eigenvalue weighted by atomic mass is 10.1. The molecule has 0 aliphatic heterocycles. The van der Waals surface area contributed by atoms with E-state index < -0.39 is 12.1 Å². The van der Waals surface area contributed by atoms with Gasteiger partial charge in [-0.15, -0.1) is 0 Å². The molecule has 3 rings (SSSR count). The second kappa shape index (κ2) is 11.4. The lowest BCUT2D eigenvalue weighted by Gasteiger charge is -2.13. The fourth-order valence-corrected chi connectivity index (χ4v) is 3.11. The van der Waals surface area contributed by atoms with Crippen LogP contribution in [0.2, 0.25) is 5.02 Å². The van der Waals surface area contributed by atoms with E-state index >= 15 is 0 Å². The summed E-state index contributed by atoms with van der Waals surface area (Å²) in [6.07, 6.45) is 0.216. The molecule has 3 aromatic rings. The van der Waals surface area contributed by atoms with E-state index in [1.807, 2.05) is 36.4 Å². The molecule has 0 aliphatic rings. The first-order chi connectivity index (χ1) is 15.0. The predicted molar refractivity (Wildman–Crippen MR) is 119 cm³/mol. The van der Waals surface area contributed by atoms with Crippen LogP contribution >= 0.6 is 11.6 Å². The van der Waals surface area contributed by atoms with Gasteiger partial charge in [-0.1, -0.05) is 35.9 Å². The highest BCUT2D eigenvalue weighted by Gasteiger charge is 2.07. The molecule has 0 amide bonds. The second-order valence-electron chi connectivity index (χ2n) is 6.92. The summed E-state index contributed by atoms with van der Waals surface area (Å²) in [5.41, 5.74) is 1.94. The Morgan fingerprint density at radius 2 is 1.61 bits per heavy atom. The monoisotopic (exact) mass is 441 g/mol. The summed E-state index contributed by atoms with van der Waals surface area (Å²) < 4.78 is 10.9. The number of benzene rings is 3. The Morgan fingerprint density at radius 1 is 0.968 bits per heavy atom. The third-order valence-electron chi connectivity index (χ3n) is 4.51. The van der Waals surface area contributed by atoms with E-state index in [-0.39, 0.29) is 6.61 Å². The van der Waals surface area contributed by atoms with Crippen LogP contribution in [-0.4, -0.2) is 35.9 Å². The van der Waals surface area contributed by atoms with Gasteiger partial charge in [-0.3, -0.25) is 0 Å². The zero-order valence-corrected chi connectivity index (χ0v) is 17.6. The van der Waals surface area contributed by atoms with Crippen molar-refractivity contribution in [1.82, 2.24) is 5.32 Å². The van der Waals surface area contributed by atoms with Gasteiger partial charge < -0.3 is 25.0 Å². The smallest absolute Gasteiger partial charge is 0.341 e. The molecular weight excluding hydrogens is 418 g/mol. The van der Waals surface area contributed by atoms with Crippen LogP contribution < -0.4 is 14.8 Å². The Hall–Kier alpha value is -3.06. The van der Waals surface area contributed by atoms with E-state index in [1.54, 1.807) is 36.4 Å². The molecule has 3 aromatic carbocycles. The third-order valence-corrected chi connectivity index (χ3v) is 4.74. The average Bonchev–Trinajstić information content (AvgIpc) is 2.77. The van der Waals surface area contributed by atoms with Gasteiger partial charge in [-0.25, -0.2) is 4.79 Å². The minimum atomic E-state index is -1.02. The Labute approximate surface area is 186 Å². The molecule has 162 valence electrons. The van der Waals surface area contributed by atoms with E-state index in [4.69, 9.17) is 26.2 Å². The van der Waals surface area contributed by atoms with Crippen molar-refractivity contribution in [3.05, 3.63) is 88.9 Å². The first-order valence-electron chi connectivity index (χ1n) is 9.85. The van der Waals surface area contributed by atoms with Crippen LogP contribution in [0.1, 0.15) is 17.2 Å². The normalized spacial score (nSPS) is 11.7. The third kappa shape index (κ3) is 7.61. The van der Waals surface area contributed by atoms with Crippen molar-refractivity contribution in [2.24, 2.45) is 0 Å². The molecule has 31 heavy (non-hydrogen) atoms. The maximum absolute atomic E-state index is 10.5. The largest absolute Gasteiger partial charge is 0.482 e. The average molecular weight is 442 g/mol. The maximum Gasteiger partial charge on any atom is 0.341 e. The van der Waals surface area contributed by atoms with Gasteiger partial charge in [-0.2, -0.15) is 0 Å². The molecule has 7 heteroatoms. The lowest BCUT2D eigenvalue weighted by molar-refractivity contribution is -0.139. The molecule has 3 N–H and O–H groups in total. The fourth-order valence-electron chi connectivity index (χ4n) is 2.91. The minimum Gasteiger partial charge on any atom is -0.482 e. The Balaban J connectivity index is 1.41. The van der Waals surface area contributed by atoms with Crippen LogP contribution in [0, 0.1) is 0 Å². The van der Waals surface area contributed by atoms with Gasteiger partial charge in [0, 0.05) is 11.6 Å². The van der Waals surface area contributed by atoms with Gasteiger partial charge in [0.15, 0.2) is 6.61 Å². The van der Waals surface area contributed by atoms with Crippen molar-refractivity contribution in [2.75, 3.05) is 19.7 Å². The summed E-state index contributed by atoms with van der Waals surface area (Å²) >= 11 is 5.96. The Bertz CT molecular complexity index is 976. The highest BCUT2D eigenvalue weighted by molar-refractivity contribution is 6.30. The summed E-state index contributed by atoms with van der Waals surface area (Å²) in [5, 5.41) is 22.7. The van der Waals surface area contributed by atoms with Crippen molar-refractivity contribution in [3.8, 4) is 17.2 Å². The highest BCUT2D eigenvalue weighted by atomic mass is 35.5. The zero-order valence-electron chi connectivity index (χ0n) is 16.8. The van der Waals surface area contributed by atoms with Crippen molar-refractivity contribution in [1.29, 1.82) is 0 Å². The lowest BCUT2D eigenvalue weighted by Crippen LogP contribution is -2.23. The van der Waals surface area contributed by atoms with Gasteiger partial charge in [0.25, 0.3) is 0 Å². The minimum absolute atomic E-state index is 0.379. The molecule has 6 nitrogen and oxygen atoms in total. The van der Waals surface area contributed by atoms with Crippen LogP contribution in [0.4, 0.5) is 0 Å². The van der Waals surface area contributed by atoms with Gasteiger partial charge >= 0.3 is 5.97 Å². The Morgan fingerprint density at radius 3 is 2.26 bits per heavy atom. The van der Waals surface area contributed by atoms with Crippen LogP contribution in [0.5, 0.6) is 17.2 Å². The number of hydrogen-bond acceptors (Lipinski definition) is 5. The number of carbonyl (C=O) groups is 1. The molecule has 0 saturated carbocycles. The number of carboxylic acids is 1. The molecule has 0 bridgehead atoms. The molecule has 1 atom stereocenters. The van der Waals surface area contributed by atoms with Crippen LogP contribution in [0.3, 0.4) is 0 Å². The van der Waals surface area contributed by atoms with E-state index in [9.17, 15) is 9.90 Å². The van der Waals surface area contributed by atoms with Crippen molar-refractivity contribution < 1.29 is 24.5 Å². The summed E-state index contributed by atoms with van der Waals surface area (Å²) in [6, 6.07) is 21.8. The standard InChI is InChI=1S/C24H24ClNO5/c25-19-3-1-2-18(14-19)23(27)15-26-13-12-17-4-6-21(7-5-17)31-22-10-8-20(9-11-22)30-16-24(28)29/h1-11,14,23,26-27H,12-13,15-16H2,(H,28,29)/t23-/m1/s1. The molecule has 0 unspecified atom stereocenters. The molecule has 0 aliphatic carbocycles. The van der Waals surface area contributed by atoms with E-state index in [2.05, 4.69) is 5.32 Å². The number of aliphatic hydroxyl groups excluding tert-OH is 1. The number of nitrogens with one attached hydrogen (secondary N) is 1. The van der Waals surface area contributed by atoms with Crippen molar-refractivity contribution in [3.63, 3.8) is 0 Å². The number of hydrogen-bond donors (Lipinski definition) is 3. The summed E-state index contributed by atoms with van der Waals surface area (Å²) in [5.74, 6) is 0.783. The van der Waals surface area contributed by atoms with E-state index in [0.29, 0.717) is 28.8 Å². The SMILES string of the molecule is O=C(O)COc1ccc(Oc2ccc(CCNC[C@@H](O)c3cccc(Cl)c3)cc2)cc1. The Kier molecular flexibility index (Phi) is 8.29. The number of aliphatic hydroxyl groups is 1. The van der Waals surface area contributed by atoms with E-state index in [0.717, 1.165) is 24.1 Å². The van der Waals surface area contributed by atoms with Gasteiger partial charge in [0.1, 0.15) is 17.2 Å². The molecule has 0 fully saturated rings. The highest BCUT2D eigenvalue weighted by Crippen LogP contribution is 2.24. The number of carboxylic acid groups (broad SMARTS) is 1. The van der Waals surface area contributed by atoms with Crippen molar-refractivity contribution >= 4 is 17.6 Å². The van der Waals surface area contributed by atoms with Crippen LogP contribution in [0.25, 0.3) is 0 Å². The topological polar surface area (TPSA) is 88.0 Å². The maximum atomic E-state index is 10.5. The summed E-state index contributed by atoms with van der Waals surface area (Å²) in [4.78, 5) is 10.5. The van der Waals surface area contributed by atoms with Gasteiger partial charge in [0.05, 0.1) is 6.10 Å². The molecular formula is C24H24ClNO5. The van der Waals surface area contributed by atoms with Crippen LogP contribution in [-0.2, 0) is 11.2 Å². The zero-order chi connectivity index (χ0) is 22.1. The number of ether oxygens (including phenoxy) is 2. The molecule has 0 aromatic heterocycles. The summed E-state index contributed by atoms with van der Waals surface area (Å²) in [7, 11) is 0. The second-order valence-corrected chi connectivity index (χ2v) is 7.36. The molecule has 0 spiro atoms. The van der Waals surface area contributed by atoms with Crippen molar-refractivity contribution in [2.45, 2.75) is 12.5 Å². The summed E-state index contributed by atoms with van der Waals surface area (Å²) in [6.45, 7) is 0.805. The van der Waals surface area contributed by atoms with E-state index in [1.165, 1.54) is 0 Å². The number of rotatable bonds is 11. The molecule has 0 saturated heterocycles. The predicted octanol–water partition coefficient (Wildman–Crippen LogP) is 4.46. The first kappa shape index (κ1) is 22.6. The first-order valence-corrected chi connectivity index (χ1v) is 10.2. The van der Waals surface area contributed by atoms with Gasteiger partial charge in [0.2, 0.25) is 0 Å². The number of halogens is 1. The quantitative estimate of drug-likeness (QED) is 0.381. The van der Waals surface area contributed by atoms with Gasteiger partial charge in [-0.05, 0) is 72.6 Å². The van der Waals surface area contributed by atoms with Crippen LogP contribution in [0.15, 0.2) is 72.8 Å².